The van der Waals surface area contributed by atoms with Gasteiger partial charge in [-0.3, -0.25) is 0 Å². The Balaban J connectivity index is 3.05. The molecular formula is C4H9NOS2. The highest BCUT2D eigenvalue weighted by Crippen LogP contribution is 2.00. The third kappa shape index (κ3) is 6.20. The standard InChI is InChI=1S/C4H9NOS2/c1-3(6)2-8-4(5)7/h3,6H,2H2,1H3,(H2,5,7). The molecule has 3 N–H and O–H groups in total. The van der Waals surface area contributed by atoms with Crippen molar-refractivity contribution in [1.29, 1.82) is 0 Å². The topological polar surface area (TPSA) is 46.2 Å². The zero-order valence-electron chi connectivity index (χ0n) is 4.63. The van der Waals surface area contributed by atoms with Crippen LogP contribution >= 0.6 is 24.0 Å². The maximum Gasteiger partial charge on any atom is 0.131 e. The zero-order chi connectivity index (χ0) is 6.57. The van der Waals surface area contributed by atoms with Crippen molar-refractivity contribution in [2.24, 2.45) is 5.73 Å². The predicted molar refractivity (Wildman–Crippen MR) is 40.9 cm³/mol. The van der Waals surface area contributed by atoms with Gasteiger partial charge in [-0.2, -0.15) is 0 Å². The van der Waals surface area contributed by atoms with Crippen LogP contribution in [0.2, 0.25) is 0 Å². The molecule has 48 valence electrons. The summed E-state index contributed by atoms with van der Waals surface area (Å²) in [6.07, 6.45) is -0.318. The summed E-state index contributed by atoms with van der Waals surface area (Å²) in [5, 5.41) is 8.67. The lowest BCUT2D eigenvalue weighted by molar-refractivity contribution is 0.220. The molecule has 0 heterocycles. The minimum absolute atomic E-state index is 0.318. The average molecular weight is 151 g/mol. The summed E-state index contributed by atoms with van der Waals surface area (Å²) in [6, 6.07) is 0. The van der Waals surface area contributed by atoms with Crippen molar-refractivity contribution in [1.82, 2.24) is 0 Å². The molecule has 4 heteroatoms. The van der Waals surface area contributed by atoms with E-state index >= 15 is 0 Å². The molecular weight excluding hydrogens is 142 g/mol. The maximum atomic E-state index is 8.67. The van der Waals surface area contributed by atoms with E-state index in [0.29, 0.717) is 10.1 Å². The van der Waals surface area contributed by atoms with Crippen molar-refractivity contribution in [2.45, 2.75) is 13.0 Å². The van der Waals surface area contributed by atoms with Crippen LogP contribution in [0.25, 0.3) is 0 Å². The second-order valence-electron chi connectivity index (χ2n) is 1.48. The highest BCUT2D eigenvalue weighted by Gasteiger charge is 1.95. The monoisotopic (exact) mass is 151 g/mol. The van der Waals surface area contributed by atoms with Crippen LogP contribution in [0, 0.1) is 0 Å². The van der Waals surface area contributed by atoms with E-state index in [4.69, 9.17) is 10.8 Å². The first kappa shape index (κ1) is 8.20. The quantitative estimate of drug-likeness (QED) is 0.559. The Labute approximate surface area is 58.5 Å². The summed E-state index contributed by atoms with van der Waals surface area (Å²) in [4.78, 5) is 0. The van der Waals surface area contributed by atoms with Crippen molar-refractivity contribution in [3.8, 4) is 0 Å². The molecule has 0 radical (unpaired) electrons. The van der Waals surface area contributed by atoms with Crippen LogP contribution in [-0.2, 0) is 0 Å². The first-order valence-electron chi connectivity index (χ1n) is 2.23. The van der Waals surface area contributed by atoms with E-state index in [1.54, 1.807) is 6.92 Å². The van der Waals surface area contributed by atoms with Gasteiger partial charge in [0.25, 0.3) is 0 Å². The van der Waals surface area contributed by atoms with Crippen LogP contribution in [-0.4, -0.2) is 21.3 Å². The van der Waals surface area contributed by atoms with Gasteiger partial charge >= 0.3 is 0 Å². The van der Waals surface area contributed by atoms with Crippen LogP contribution in [0.3, 0.4) is 0 Å². The molecule has 0 saturated heterocycles. The summed E-state index contributed by atoms with van der Waals surface area (Å²) in [5.74, 6) is 0.593. The van der Waals surface area contributed by atoms with Gasteiger partial charge in [-0.1, -0.05) is 24.0 Å². The Morgan fingerprint density at radius 3 is 2.62 bits per heavy atom. The second kappa shape index (κ2) is 4.12. The normalized spacial score (nSPS) is 13.2. The lowest BCUT2D eigenvalue weighted by atomic mass is 10.5. The van der Waals surface area contributed by atoms with Crippen molar-refractivity contribution in [3.05, 3.63) is 0 Å². The molecule has 0 aliphatic heterocycles. The lowest BCUT2D eigenvalue weighted by Gasteiger charge is -1.99. The lowest BCUT2D eigenvalue weighted by Crippen LogP contribution is -2.09. The Kier molecular flexibility index (Phi) is 4.22. The van der Waals surface area contributed by atoms with Crippen LogP contribution in [0.15, 0.2) is 0 Å². The van der Waals surface area contributed by atoms with Gasteiger partial charge in [-0.05, 0) is 6.92 Å². The molecule has 0 spiro atoms. The molecule has 8 heavy (non-hydrogen) atoms. The van der Waals surface area contributed by atoms with Crippen LogP contribution in [0.4, 0.5) is 0 Å². The summed E-state index contributed by atoms with van der Waals surface area (Å²) >= 11 is 5.84. The molecule has 0 aromatic carbocycles. The summed E-state index contributed by atoms with van der Waals surface area (Å²) in [7, 11) is 0. The largest absolute Gasteiger partial charge is 0.393 e. The molecule has 2 nitrogen and oxygen atoms in total. The molecule has 1 unspecified atom stereocenters. The van der Waals surface area contributed by atoms with Gasteiger partial charge in [0.1, 0.15) is 4.32 Å². The van der Waals surface area contributed by atoms with Gasteiger partial charge in [0.2, 0.25) is 0 Å². The molecule has 0 saturated carbocycles. The van der Waals surface area contributed by atoms with E-state index in [1.807, 2.05) is 0 Å². The molecule has 0 rings (SSSR count). The van der Waals surface area contributed by atoms with Crippen LogP contribution < -0.4 is 5.73 Å². The number of hydrogen-bond donors (Lipinski definition) is 2. The van der Waals surface area contributed by atoms with E-state index in [0.717, 1.165) is 0 Å². The van der Waals surface area contributed by atoms with Crippen molar-refractivity contribution in [3.63, 3.8) is 0 Å². The highest BCUT2D eigenvalue weighted by molar-refractivity contribution is 8.22. The van der Waals surface area contributed by atoms with Crippen LogP contribution in [0.1, 0.15) is 6.92 Å². The van der Waals surface area contributed by atoms with Gasteiger partial charge in [-0.25, -0.2) is 0 Å². The van der Waals surface area contributed by atoms with Gasteiger partial charge in [-0.15, -0.1) is 0 Å². The van der Waals surface area contributed by atoms with E-state index in [9.17, 15) is 0 Å². The van der Waals surface area contributed by atoms with E-state index in [1.165, 1.54) is 11.8 Å². The molecule has 1 atom stereocenters. The molecule has 0 aromatic heterocycles. The molecule has 0 aliphatic rings. The first-order valence-corrected chi connectivity index (χ1v) is 3.62. The highest BCUT2D eigenvalue weighted by atomic mass is 32.2. The smallest absolute Gasteiger partial charge is 0.131 e. The summed E-state index contributed by atoms with van der Waals surface area (Å²) < 4.78 is 0.394. The van der Waals surface area contributed by atoms with Gasteiger partial charge in [0, 0.05) is 5.75 Å². The fourth-order valence-electron chi connectivity index (χ4n) is 0.203. The Bertz CT molecular complexity index is 84.1. The van der Waals surface area contributed by atoms with Crippen molar-refractivity contribution in [2.75, 3.05) is 5.75 Å². The number of aliphatic hydroxyl groups excluding tert-OH is 1. The third-order valence-corrected chi connectivity index (χ3v) is 1.75. The number of aliphatic hydroxyl groups is 1. The predicted octanol–water partition coefficient (Wildman–Crippen LogP) is 0.344. The molecule has 0 aliphatic carbocycles. The Hall–Kier alpha value is 0.200. The zero-order valence-corrected chi connectivity index (χ0v) is 6.26. The van der Waals surface area contributed by atoms with E-state index < -0.39 is 0 Å². The first-order chi connectivity index (χ1) is 3.63. The van der Waals surface area contributed by atoms with Gasteiger partial charge in [0.15, 0.2) is 0 Å². The Morgan fingerprint density at radius 1 is 2.00 bits per heavy atom. The minimum atomic E-state index is -0.318. The number of hydrogen-bond acceptors (Lipinski definition) is 3. The fourth-order valence-corrected chi connectivity index (χ4v) is 0.812. The Morgan fingerprint density at radius 2 is 2.50 bits per heavy atom. The van der Waals surface area contributed by atoms with E-state index in [-0.39, 0.29) is 6.10 Å². The van der Waals surface area contributed by atoms with Crippen LogP contribution in [0.5, 0.6) is 0 Å². The average Bonchev–Trinajstić information content (AvgIpc) is 1.61. The minimum Gasteiger partial charge on any atom is -0.393 e. The summed E-state index contributed by atoms with van der Waals surface area (Å²) in [5.41, 5.74) is 5.12. The number of rotatable bonds is 2. The fraction of sp³-hybridized carbons (Fsp3) is 0.750. The summed E-state index contributed by atoms with van der Waals surface area (Å²) in [6.45, 7) is 1.70. The number of thiocarbonyl (C=S) groups is 1. The molecule has 0 fully saturated rings. The van der Waals surface area contributed by atoms with Crippen molar-refractivity contribution < 1.29 is 5.11 Å². The molecule has 0 aromatic rings. The van der Waals surface area contributed by atoms with E-state index in [2.05, 4.69) is 12.2 Å². The third-order valence-electron chi connectivity index (χ3n) is 0.467. The maximum absolute atomic E-state index is 8.67. The second-order valence-corrected chi connectivity index (χ2v) is 3.24. The van der Waals surface area contributed by atoms with Gasteiger partial charge < -0.3 is 10.8 Å². The molecule has 0 amide bonds. The van der Waals surface area contributed by atoms with Gasteiger partial charge in [0.05, 0.1) is 6.10 Å². The SMILES string of the molecule is CC(O)CSC(N)=S. The number of thioether (sulfide) groups is 1. The number of nitrogens with two attached hydrogens (primary N) is 1. The molecule has 0 bridgehead atoms. The van der Waals surface area contributed by atoms with Crippen molar-refractivity contribution >= 4 is 28.3 Å².